The molecule has 3 rings (SSSR count). The molecule has 0 unspecified atom stereocenters. The van der Waals surface area contributed by atoms with E-state index in [9.17, 15) is 19.3 Å². The molecule has 40 heavy (non-hydrogen) atoms. The molecule has 0 amide bonds. The average molecular weight is 636 g/mol. The molecule has 1 saturated heterocycles. The van der Waals surface area contributed by atoms with Crippen LogP contribution in [0.3, 0.4) is 0 Å². The number of nitrogens with zero attached hydrogens (tertiary/aromatic N) is 4. The monoisotopic (exact) mass is 635 g/mol. The zero-order valence-corrected chi connectivity index (χ0v) is 26.9. The number of aliphatic hydroxyl groups is 1. The first-order chi connectivity index (χ1) is 18.6. The van der Waals surface area contributed by atoms with Crippen LogP contribution in [0, 0.1) is 10.8 Å². The van der Waals surface area contributed by atoms with Gasteiger partial charge in [-0.2, -0.15) is 0 Å². The largest absolute Gasteiger partial charge is 0.474 e. The summed E-state index contributed by atoms with van der Waals surface area (Å²) >= 11 is 3.60. The van der Waals surface area contributed by atoms with Gasteiger partial charge < -0.3 is 15.4 Å². The number of phosphoric acid groups is 1. The second-order valence-corrected chi connectivity index (χ2v) is 16.4. The smallest absolute Gasteiger partial charge is 0.392 e. The lowest BCUT2D eigenvalue weighted by molar-refractivity contribution is -0.118. The fourth-order valence-corrected chi connectivity index (χ4v) is 7.94. The Labute approximate surface area is 247 Å². The summed E-state index contributed by atoms with van der Waals surface area (Å²) in [6.07, 6.45) is 2.59. The van der Waals surface area contributed by atoms with Crippen molar-refractivity contribution in [3.8, 4) is 0 Å². The Bertz CT molecular complexity index is 1200. The van der Waals surface area contributed by atoms with Crippen LogP contribution in [0.2, 0.25) is 0 Å². The van der Waals surface area contributed by atoms with Crippen LogP contribution in [0.15, 0.2) is 12.7 Å². The Balaban J connectivity index is 1.60. The topological polar surface area (TPSA) is 169 Å². The Morgan fingerprint density at radius 1 is 1.05 bits per heavy atom. The Hall–Kier alpha value is -1.19. The van der Waals surface area contributed by atoms with Crippen molar-refractivity contribution in [1.29, 1.82) is 0 Å². The molecule has 3 N–H and O–H groups in total. The molecule has 3 heterocycles. The number of phosphoric ester groups is 1. The van der Waals surface area contributed by atoms with Gasteiger partial charge in [-0.3, -0.25) is 23.2 Å². The minimum Gasteiger partial charge on any atom is -0.392 e. The third-order valence-electron chi connectivity index (χ3n) is 5.65. The highest BCUT2D eigenvalue weighted by Gasteiger charge is 2.38. The Kier molecular flexibility index (Phi) is 11.5. The van der Waals surface area contributed by atoms with Gasteiger partial charge in [-0.05, 0) is 0 Å². The van der Waals surface area contributed by atoms with Crippen LogP contribution >= 0.6 is 43.1 Å². The molecule has 3 atom stereocenters. The molecule has 0 aliphatic carbocycles. The van der Waals surface area contributed by atoms with Gasteiger partial charge in [0.05, 0.1) is 42.9 Å². The summed E-state index contributed by atoms with van der Waals surface area (Å²) in [6.45, 7) is 10.8. The quantitative estimate of drug-likeness (QED) is 0.246. The van der Waals surface area contributed by atoms with E-state index in [0.29, 0.717) is 17.6 Å². The molecule has 2 aromatic heterocycles. The molecular formula is C24H38N5O7PS3. The molecular weight excluding hydrogens is 597 g/mol. The fourth-order valence-electron chi connectivity index (χ4n) is 3.39. The van der Waals surface area contributed by atoms with Gasteiger partial charge in [0.25, 0.3) is 0 Å². The maximum Gasteiger partial charge on any atom is 0.474 e. The highest BCUT2D eigenvalue weighted by atomic mass is 32.2. The van der Waals surface area contributed by atoms with Crippen molar-refractivity contribution in [2.24, 2.45) is 10.8 Å². The number of fused-ring (bicyclic) bond motifs is 1. The number of nitrogens with two attached hydrogens (primary N) is 1. The predicted molar refractivity (Wildman–Crippen MR) is 160 cm³/mol. The SMILES string of the molecule is CC(C)(C)C(=O)SCCOP(=O)(OCCSC(=O)C(C)(C)C)OC[C@@H]1S[C@H](n2cnc3c(N)ncnc32)C[C@H]1O. The number of hydrogen-bond acceptors (Lipinski definition) is 14. The number of nitrogen functional groups attached to an aromatic ring is 1. The van der Waals surface area contributed by atoms with Crippen molar-refractivity contribution >= 4 is 70.3 Å². The molecule has 0 aromatic carbocycles. The normalized spacial score (nSPS) is 20.3. The van der Waals surface area contributed by atoms with Crippen molar-refractivity contribution in [3.63, 3.8) is 0 Å². The molecule has 1 aliphatic rings. The molecule has 0 radical (unpaired) electrons. The van der Waals surface area contributed by atoms with Crippen LogP contribution in [0.25, 0.3) is 11.2 Å². The van der Waals surface area contributed by atoms with Gasteiger partial charge >= 0.3 is 7.82 Å². The van der Waals surface area contributed by atoms with Gasteiger partial charge in [0.15, 0.2) is 21.7 Å². The Morgan fingerprint density at radius 2 is 1.62 bits per heavy atom. The number of thioether (sulfide) groups is 3. The first-order valence-corrected chi connectivity index (χ1v) is 17.1. The van der Waals surface area contributed by atoms with Gasteiger partial charge in [0.2, 0.25) is 0 Å². The van der Waals surface area contributed by atoms with Crippen LogP contribution in [0.4, 0.5) is 5.82 Å². The number of aliphatic hydroxyl groups excluding tert-OH is 1. The highest BCUT2D eigenvalue weighted by molar-refractivity contribution is 8.14. The summed E-state index contributed by atoms with van der Waals surface area (Å²) in [4.78, 5) is 36.9. The summed E-state index contributed by atoms with van der Waals surface area (Å²) in [5, 5.41) is 10.1. The van der Waals surface area contributed by atoms with Gasteiger partial charge in [-0.15, -0.1) is 11.8 Å². The standard InChI is InChI=1S/C24H38N5O7PS3/c1-23(2,3)21(31)38-9-7-34-37(33,35-8-10-39-22(32)24(4,5)6)36-12-16-15(30)11-17(40-16)29-14-28-18-19(25)26-13-27-20(18)29/h13-17,30H,7-12H2,1-6H3,(H2,25,26,27)/t15-,16+,17+/m1/s1. The molecule has 16 heteroatoms. The van der Waals surface area contributed by atoms with Crippen molar-refractivity contribution < 1.29 is 32.8 Å². The number of anilines is 1. The maximum absolute atomic E-state index is 13.5. The molecule has 2 aromatic rings. The number of rotatable bonds is 12. The second-order valence-electron chi connectivity index (χ2n) is 11.2. The Morgan fingerprint density at radius 3 is 2.17 bits per heavy atom. The predicted octanol–water partition coefficient (Wildman–Crippen LogP) is 4.54. The van der Waals surface area contributed by atoms with E-state index in [2.05, 4.69) is 15.0 Å². The van der Waals surface area contributed by atoms with Gasteiger partial charge in [0.1, 0.15) is 11.8 Å². The zero-order valence-electron chi connectivity index (χ0n) is 23.6. The summed E-state index contributed by atoms with van der Waals surface area (Å²) in [7, 11) is -4.06. The first-order valence-electron chi connectivity index (χ1n) is 12.8. The maximum atomic E-state index is 13.5. The average Bonchev–Trinajstić information content (AvgIpc) is 3.46. The van der Waals surface area contributed by atoms with E-state index >= 15 is 0 Å². The van der Waals surface area contributed by atoms with E-state index in [1.54, 1.807) is 6.33 Å². The summed E-state index contributed by atoms with van der Waals surface area (Å²) in [5.74, 6) is 0.809. The second kappa shape index (κ2) is 13.9. The van der Waals surface area contributed by atoms with Crippen molar-refractivity contribution in [2.75, 3.05) is 37.1 Å². The van der Waals surface area contributed by atoms with Gasteiger partial charge in [-0.25, -0.2) is 19.5 Å². The van der Waals surface area contributed by atoms with Crippen LogP contribution in [0.5, 0.6) is 0 Å². The van der Waals surface area contributed by atoms with E-state index in [0.717, 1.165) is 23.5 Å². The number of hydrogen-bond donors (Lipinski definition) is 2. The van der Waals surface area contributed by atoms with E-state index < -0.39 is 30.0 Å². The van der Waals surface area contributed by atoms with E-state index in [1.165, 1.54) is 18.1 Å². The number of carbonyl (C=O) groups excluding carboxylic acids is 2. The van der Waals surface area contributed by atoms with E-state index in [-0.39, 0.29) is 52.7 Å². The summed E-state index contributed by atoms with van der Waals surface area (Å²) < 4.78 is 32.1. The fraction of sp³-hybridized carbons (Fsp3) is 0.708. The highest BCUT2D eigenvalue weighted by Crippen LogP contribution is 2.52. The van der Waals surface area contributed by atoms with Crippen LogP contribution in [0.1, 0.15) is 53.3 Å². The third-order valence-corrected chi connectivity index (χ3v) is 11.1. The number of imidazole rings is 1. The van der Waals surface area contributed by atoms with Crippen molar-refractivity contribution in [2.45, 2.75) is 64.7 Å². The zero-order chi connectivity index (χ0) is 29.7. The van der Waals surface area contributed by atoms with E-state index in [4.69, 9.17) is 19.3 Å². The molecule has 1 fully saturated rings. The van der Waals surface area contributed by atoms with Crippen LogP contribution in [-0.2, 0) is 27.7 Å². The van der Waals surface area contributed by atoms with Crippen LogP contribution in [-0.4, -0.2) is 77.5 Å². The lowest BCUT2D eigenvalue weighted by Gasteiger charge is -2.21. The molecule has 224 valence electrons. The lowest BCUT2D eigenvalue weighted by atomic mass is 9.99. The molecule has 12 nitrogen and oxygen atoms in total. The van der Waals surface area contributed by atoms with Gasteiger partial charge in [0, 0.05) is 28.8 Å². The molecule has 0 spiro atoms. The minimum atomic E-state index is -4.06. The lowest BCUT2D eigenvalue weighted by Crippen LogP contribution is -2.23. The molecule has 0 bridgehead atoms. The van der Waals surface area contributed by atoms with Crippen molar-refractivity contribution in [3.05, 3.63) is 12.7 Å². The van der Waals surface area contributed by atoms with Crippen molar-refractivity contribution in [1.82, 2.24) is 19.5 Å². The minimum absolute atomic E-state index is 0.0135. The molecule has 1 aliphatic heterocycles. The first kappa shape index (κ1) is 33.3. The number of aromatic nitrogens is 4. The summed E-state index contributed by atoms with van der Waals surface area (Å²) in [5.41, 5.74) is 5.91. The van der Waals surface area contributed by atoms with E-state index in [1.807, 2.05) is 46.1 Å². The van der Waals surface area contributed by atoms with Crippen LogP contribution < -0.4 is 5.73 Å². The third kappa shape index (κ3) is 9.15. The number of carbonyl (C=O) groups is 2. The summed E-state index contributed by atoms with van der Waals surface area (Å²) in [6, 6.07) is 0. The molecule has 0 saturated carbocycles. The van der Waals surface area contributed by atoms with Gasteiger partial charge in [-0.1, -0.05) is 65.1 Å².